The third-order valence-electron chi connectivity index (χ3n) is 4.95. The van der Waals surface area contributed by atoms with Gasteiger partial charge in [-0.1, -0.05) is 13.3 Å². The van der Waals surface area contributed by atoms with Gasteiger partial charge in [0.1, 0.15) is 11.5 Å². The molecular formula is C20H21FN4O. The van der Waals surface area contributed by atoms with E-state index in [0.29, 0.717) is 18.9 Å². The van der Waals surface area contributed by atoms with Gasteiger partial charge in [0.15, 0.2) is 5.65 Å². The number of halogens is 1. The van der Waals surface area contributed by atoms with Crippen LogP contribution in [-0.2, 0) is 11.3 Å². The van der Waals surface area contributed by atoms with Crippen LogP contribution in [0.1, 0.15) is 31.7 Å². The largest absolute Gasteiger partial charge is 0.338 e. The molecule has 1 saturated heterocycles. The molecule has 0 aliphatic carbocycles. The fourth-order valence-electron chi connectivity index (χ4n) is 3.72. The summed E-state index contributed by atoms with van der Waals surface area (Å²) >= 11 is 0. The molecule has 134 valence electrons. The second-order valence-electron chi connectivity index (χ2n) is 6.86. The van der Waals surface area contributed by atoms with E-state index in [1.165, 1.54) is 12.1 Å². The number of rotatable bonds is 5. The molecule has 0 saturated carbocycles. The van der Waals surface area contributed by atoms with Gasteiger partial charge in [-0.05, 0) is 42.7 Å². The first-order valence-electron chi connectivity index (χ1n) is 9.01. The minimum atomic E-state index is -0.283. The molecule has 26 heavy (non-hydrogen) atoms. The van der Waals surface area contributed by atoms with Crippen molar-refractivity contribution in [2.24, 2.45) is 5.92 Å². The van der Waals surface area contributed by atoms with Crippen LogP contribution in [0.3, 0.4) is 0 Å². The average Bonchev–Trinajstić information content (AvgIpc) is 3.17. The van der Waals surface area contributed by atoms with Crippen molar-refractivity contribution in [2.45, 2.75) is 32.7 Å². The van der Waals surface area contributed by atoms with Crippen LogP contribution < -0.4 is 0 Å². The maximum Gasteiger partial charge on any atom is 0.223 e. The molecule has 1 unspecified atom stereocenters. The summed E-state index contributed by atoms with van der Waals surface area (Å²) in [6.45, 7) is 3.40. The Hall–Kier alpha value is -2.76. The Bertz CT molecular complexity index is 935. The van der Waals surface area contributed by atoms with Crippen LogP contribution in [0.25, 0.3) is 16.9 Å². The smallest absolute Gasteiger partial charge is 0.223 e. The fraction of sp³-hybridized carbons (Fsp3) is 0.350. The van der Waals surface area contributed by atoms with E-state index in [0.717, 1.165) is 41.9 Å². The summed E-state index contributed by atoms with van der Waals surface area (Å²) in [7, 11) is 0. The van der Waals surface area contributed by atoms with Crippen LogP contribution in [0.5, 0.6) is 0 Å². The molecule has 0 bridgehead atoms. The fourth-order valence-corrected chi connectivity index (χ4v) is 3.72. The summed E-state index contributed by atoms with van der Waals surface area (Å²) in [5.41, 5.74) is 3.21. The number of fused-ring (bicyclic) bond motifs is 1. The quantitative estimate of drug-likeness (QED) is 0.704. The van der Waals surface area contributed by atoms with Gasteiger partial charge in [0.25, 0.3) is 0 Å². The normalized spacial score (nSPS) is 17.4. The van der Waals surface area contributed by atoms with Gasteiger partial charge in [-0.25, -0.2) is 13.9 Å². The molecule has 5 nitrogen and oxygen atoms in total. The summed E-state index contributed by atoms with van der Waals surface area (Å²) in [6.07, 6.45) is 6.34. The third-order valence-corrected chi connectivity index (χ3v) is 4.95. The number of nitrogens with zero attached hydrogens (tertiary/aromatic N) is 4. The first-order valence-corrected chi connectivity index (χ1v) is 9.01. The molecule has 0 N–H and O–H groups in total. The molecule has 1 aliphatic rings. The molecule has 1 atom stereocenters. The molecular weight excluding hydrogens is 331 g/mol. The highest BCUT2D eigenvalue weighted by atomic mass is 19.1. The summed E-state index contributed by atoms with van der Waals surface area (Å²) < 4.78 is 15.0. The van der Waals surface area contributed by atoms with Crippen LogP contribution in [-0.4, -0.2) is 31.9 Å². The standard InChI is InChI=1S/C20H21FN4O/c1-2-4-14-11-18(26)24(12-14)13-17-19(15-5-7-16(21)8-6-15)23-25-10-3-9-22-20(17)25/h3,5-10,14H,2,4,11-13H2,1H3. The van der Waals surface area contributed by atoms with Gasteiger partial charge in [-0.3, -0.25) is 4.79 Å². The Morgan fingerprint density at radius 1 is 1.27 bits per heavy atom. The highest BCUT2D eigenvalue weighted by Crippen LogP contribution is 2.30. The molecule has 0 radical (unpaired) electrons. The summed E-state index contributed by atoms with van der Waals surface area (Å²) in [4.78, 5) is 18.8. The number of aromatic nitrogens is 3. The second kappa shape index (κ2) is 6.86. The third kappa shape index (κ3) is 3.07. The number of likely N-dealkylation sites (tertiary alicyclic amines) is 1. The predicted octanol–water partition coefficient (Wildman–Crippen LogP) is 3.68. The minimum Gasteiger partial charge on any atom is -0.338 e. The zero-order valence-corrected chi connectivity index (χ0v) is 14.7. The molecule has 6 heteroatoms. The molecule has 2 aromatic heterocycles. The van der Waals surface area contributed by atoms with Crippen LogP contribution in [0, 0.1) is 11.7 Å². The topological polar surface area (TPSA) is 50.5 Å². The number of amides is 1. The van der Waals surface area contributed by atoms with Gasteiger partial charge in [-0.15, -0.1) is 0 Å². The Morgan fingerprint density at radius 2 is 2.08 bits per heavy atom. The molecule has 3 heterocycles. The highest BCUT2D eigenvalue weighted by molar-refractivity contribution is 5.80. The highest BCUT2D eigenvalue weighted by Gasteiger charge is 2.30. The van der Waals surface area contributed by atoms with Gasteiger partial charge in [0.05, 0.1) is 6.54 Å². The van der Waals surface area contributed by atoms with E-state index in [9.17, 15) is 9.18 Å². The Morgan fingerprint density at radius 3 is 2.85 bits per heavy atom. The van der Waals surface area contributed by atoms with Crippen molar-refractivity contribution >= 4 is 11.6 Å². The Labute approximate surface area is 151 Å². The Kier molecular flexibility index (Phi) is 4.41. The lowest BCUT2D eigenvalue weighted by molar-refractivity contribution is -0.128. The van der Waals surface area contributed by atoms with Crippen LogP contribution >= 0.6 is 0 Å². The van der Waals surface area contributed by atoms with Crippen molar-refractivity contribution in [1.29, 1.82) is 0 Å². The number of hydrogen-bond acceptors (Lipinski definition) is 3. The van der Waals surface area contributed by atoms with E-state index in [1.54, 1.807) is 22.8 Å². The van der Waals surface area contributed by atoms with Crippen molar-refractivity contribution in [2.75, 3.05) is 6.54 Å². The van der Waals surface area contributed by atoms with Crippen LogP contribution in [0.4, 0.5) is 4.39 Å². The molecule has 1 aromatic carbocycles. The summed E-state index contributed by atoms with van der Waals surface area (Å²) in [5, 5.41) is 4.63. The van der Waals surface area contributed by atoms with E-state index in [1.807, 2.05) is 17.2 Å². The maximum absolute atomic E-state index is 13.3. The SMILES string of the molecule is CCCC1CC(=O)N(Cc2c(-c3ccc(F)cc3)nn3cccnc23)C1. The number of benzene rings is 1. The van der Waals surface area contributed by atoms with Crippen molar-refractivity contribution < 1.29 is 9.18 Å². The second-order valence-corrected chi connectivity index (χ2v) is 6.86. The van der Waals surface area contributed by atoms with Crippen LogP contribution in [0.2, 0.25) is 0 Å². The van der Waals surface area contributed by atoms with E-state index in [2.05, 4.69) is 17.0 Å². The van der Waals surface area contributed by atoms with Gasteiger partial charge >= 0.3 is 0 Å². The van der Waals surface area contributed by atoms with E-state index < -0.39 is 0 Å². The maximum atomic E-state index is 13.3. The monoisotopic (exact) mass is 352 g/mol. The minimum absolute atomic E-state index is 0.184. The van der Waals surface area contributed by atoms with Crippen molar-refractivity contribution in [3.63, 3.8) is 0 Å². The molecule has 1 aliphatic heterocycles. The van der Waals surface area contributed by atoms with Gasteiger partial charge in [-0.2, -0.15) is 5.10 Å². The summed E-state index contributed by atoms with van der Waals surface area (Å²) in [5.74, 6) is 0.328. The van der Waals surface area contributed by atoms with E-state index in [4.69, 9.17) is 0 Å². The first kappa shape index (κ1) is 16.7. The van der Waals surface area contributed by atoms with Crippen molar-refractivity contribution in [3.8, 4) is 11.3 Å². The lowest BCUT2D eigenvalue weighted by atomic mass is 10.0. The van der Waals surface area contributed by atoms with Gasteiger partial charge in [0, 0.05) is 36.5 Å². The number of hydrogen-bond donors (Lipinski definition) is 0. The predicted molar refractivity (Wildman–Crippen MR) is 96.8 cm³/mol. The first-order chi connectivity index (χ1) is 12.7. The Balaban J connectivity index is 1.72. The molecule has 4 rings (SSSR count). The number of carbonyl (C=O) groups is 1. The molecule has 1 amide bonds. The lowest BCUT2D eigenvalue weighted by Gasteiger charge is -2.16. The van der Waals surface area contributed by atoms with Gasteiger partial charge < -0.3 is 4.90 Å². The average molecular weight is 352 g/mol. The van der Waals surface area contributed by atoms with Gasteiger partial charge in [0.2, 0.25) is 5.91 Å². The molecule has 3 aromatic rings. The lowest BCUT2D eigenvalue weighted by Crippen LogP contribution is -2.25. The summed E-state index contributed by atoms with van der Waals surface area (Å²) in [6, 6.07) is 8.10. The van der Waals surface area contributed by atoms with Crippen molar-refractivity contribution in [3.05, 3.63) is 54.1 Å². The molecule has 1 fully saturated rings. The van der Waals surface area contributed by atoms with E-state index >= 15 is 0 Å². The van der Waals surface area contributed by atoms with Crippen LogP contribution in [0.15, 0.2) is 42.7 Å². The molecule has 0 spiro atoms. The number of carbonyl (C=O) groups excluding carboxylic acids is 1. The van der Waals surface area contributed by atoms with Crippen molar-refractivity contribution in [1.82, 2.24) is 19.5 Å². The van der Waals surface area contributed by atoms with E-state index in [-0.39, 0.29) is 11.7 Å². The zero-order chi connectivity index (χ0) is 18.1. The zero-order valence-electron chi connectivity index (χ0n) is 14.7.